The van der Waals surface area contributed by atoms with Crippen LogP contribution in [-0.4, -0.2) is 18.0 Å². The first kappa shape index (κ1) is 13.0. The van der Waals surface area contributed by atoms with Crippen LogP contribution in [0.15, 0.2) is 24.3 Å². The van der Waals surface area contributed by atoms with E-state index >= 15 is 0 Å². The smallest absolute Gasteiger partial charge is 0.272 e. The molecule has 0 saturated heterocycles. The van der Waals surface area contributed by atoms with Gasteiger partial charge in [-0.1, -0.05) is 32.0 Å². The Morgan fingerprint density at radius 3 is 2.83 bits per heavy atom. The molecule has 98 valence electrons. The van der Waals surface area contributed by atoms with Gasteiger partial charge in [0.1, 0.15) is 0 Å². The molecule has 0 aromatic heterocycles. The number of nitro benzene ring substituents is 1. The van der Waals surface area contributed by atoms with Gasteiger partial charge in [-0.15, -0.1) is 0 Å². The summed E-state index contributed by atoms with van der Waals surface area (Å²) in [5.41, 5.74) is 1.17. The van der Waals surface area contributed by atoms with Crippen LogP contribution in [0.4, 0.5) is 5.69 Å². The molecular weight excluding hydrogens is 228 g/mol. The molecule has 4 nitrogen and oxygen atoms in total. The molecule has 4 heteroatoms. The highest BCUT2D eigenvalue weighted by atomic mass is 16.6. The van der Waals surface area contributed by atoms with Crippen LogP contribution in [0.1, 0.15) is 31.7 Å². The van der Waals surface area contributed by atoms with E-state index in [1.54, 1.807) is 12.1 Å². The van der Waals surface area contributed by atoms with Gasteiger partial charge < -0.3 is 5.32 Å². The zero-order valence-electron chi connectivity index (χ0n) is 10.9. The van der Waals surface area contributed by atoms with Gasteiger partial charge in [-0.25, -0.2) is 0 Å². The third-order valence-corrected chi connectivity index (χ3v) is 3.41. The first-order chi connectivity index (χ1) is 8.59. The second kappa shape index (κ2) is 5.48. The van der Waals surface area contributed by atoms with Crippen LogP contribution in [0.3, 0.4) is 0 Å². The van der Waals surface area contributed by atoms with Crippen LogP contribution >= 0.6 is 0 Å². The molecule has 1 aliphatic carbocycles. The Balaban J connectivity index is 1.93. The van der Waals surface area contributed by atoms with Crippen LogP contribution in [0.2, 0.25) is 0 Å². The van der Waals surface area contributed by atoms with Gasteiger partial charge in [0.25, 0.3) is 5.69 Å². The van der Waals surface area contributed by atoms with E-state index in [9.17, 15) is 10.1 Å². The Labute approximate surface area is 108 Å². The Kier molecular flexibility index (Phi) is 3.97. The third-order valence-electron chi connectivity index (χ3n) is 3.41. The maximum Gasteiger partial charge on any atom is 0.272 e. The van der Waals surface area contributed by atoms with Gasteiger partial charge in [-0.05, 0) is 37.3 Å². The molecular formula is C14H20N2O2. The lowest BCUT2D eigenvalue weighted by molar-refractivity contribution is -0.385. The molecule has 0 aliphatic heterocycles. The Morgan fingerprint density at radius 1 is 1.44 bits per heavy atom. The SMILES string of the molecule is CC(C)CNCC1CC1c1ccccc1[N+](=O)[O-]. The van der Waals surface area contributed by atoms with E-state index in [0.29, 0.717) is 17.8 Å². The van der Waals surface area contributed by atoms with E-state index in [1.165, 1.54) is 0 Å². The Bertz CT molecular complexity index is 432. The number of rotatable bonds is 6. The summed E-state index contributed by atoms with van der Waals surface area (Å²) in [6, 6.07) is 7.12. The van der Waals surface area contributed by atoms with Crippen LogP contribution in [0.25, 0.3) is 0 Å². The first-order valence-corrected chi connectivity index (χ1v) is 6.53. The van der Waals surface area contributed by atoms with Crippen molar-refractivity contribution < 1.29 is 4.92 Å². The monoisotopic (exact) mass is 248 g/mol. The molecule has 0 heterocycles. The minimum atomic E-state index is -0.272. The van der Waals surface area contributed by atoms with Crippen molar-refractivity contribution in [3.63, 3.8) is 0 Å². The molecule has 1 fully saturated rings. The van der Waals surface area contributed by atoms with Gasteiger partial charge in [0.15, 0.2) is 0 Å². The van der Waals surface area contributed by atoms with E-state index < -0.39 is 0 Å². The number of nitrogens with zero attached hydrogens (tertiary/aromatic N) is 1. The molecule has 1 saturated carbocycles. The lowest BCUT2D eigenvalue weighted by Crippen LogP contribution is -2.22. The average molecular weight is 248 g/mol. The van der Waals surface area contributed by atoms with Crippen molar-refractivity contribution in [2.24, 2.45) is 11.8 Å². The second-order valence-electron chi connectivity index (χ2n) is 5.47. The summed E-state index contributed by atoms with van der Waals surface area (Å²) in [7, 11) is 0. The molecule has 1 aromatic rings. The van der Waals surface area contributed by atoms with Crippen molar-refractivity contribution in [3.05, 3.63) is 39.9 Å². The molecule has 0 bridgehead atoms. The van der Waals surface area contributed by atoms with Crippen molar-refractivity contribution in [3.8, 4) is 0 Å². The van der Waals surface area contributed by atoms with E-state index in [2.05, 4.69) is 19.2 Å². The third kappa shape index (κ3) is 3.07. The second-order valence-corrected chi connectivity index (χ2v) is 5.47. The molecule has 18 heavy (non-hydrogen) atoms. The molecule has 0 radical (unpaired) electrons. The van der Waals surface area contributed by atoms with Gasteiger partial charge >= 0.3 is 0 Å². The predicted octanol–water partition coefficient (Wildman–Crippen LogP) is 2.94. The molecule has 2 atom stereocenters. The number of hydrogen-bond donors (Lipinski definition) is 1. The summed E-state index contributed by atoms with van der Waals surface area (Å²) in [5.74, 6) is 1.57. The summed E-state index contributed by atoms with van der Waals surface area (Å²) in [6.07, 6.45) is 1.07. The molecule has 1 aromatic carbocycles. The van der Waals surface area contributed by atoms with Crippen LogP contribution in [0, 0.1) is 22.0 Å². The lowest BCUT2D eigenvalue weighted by atomic mass is 10.1. The van der Waals surface area contributed by atoms with Gasteiger partial charge in [0.2, 0.25) is 0 Å². The topological polar surface area (TPSA) is 55.2 Å². The molecule has 1 N–H and O–H groups in total. The van der Waals surface area contributed by atoms with Crippen LogP contribution < -0.4 is 5.32 Å². The van der Waals surface area contributed by atoms with E-state index in [1.807, 2.05) is 12.1 Å². The van der Waals surface area contributed by atoms with Gasteiger partial charge in [0, 0.05) is 11.6 Å². The number of para-hydroxylation sites is 1. The standard InChI is InChI=1S/C14H20N2O2/c1-10(2)8-15-9-11-7-13(11)12-5-3-4-6-14(12)16(17)18/h3-6,10-11,13,15H,7-9H2,1-2H3. The summed E-state index contributed by atoms with van der Waals surface area (Å²) in [4.78, 5) is 10.7. The van der Waals surface area contributed by atoms with Gasteiger partial charge in [-0.3, -0.25) is 10.1 Å². The number of nitro groups is 1. The molecule has 2 unspecified atom stereocenters. The predicted molar refractivity (Wildman–Crippen MR) is 71.7 cm³/mol. The van der Waals surface area contributed by atoms with Crippen LogP contribution in [-0.2, 0) is 0 Å². The largest absolute Gasteiger partial charge is 0.316 e. The van der Waals surface area contributed by atoms with Gasteiger partial charge in [0.05, 0.1) is 4.92 Å². The highest BCUT2D eigenvalue weighted by Gasteiger charge is 2.41. The molecule has 0 amide bonds. The highest BCUT2D eigenvalue weighted by molar-refractivity contribution is 5.45. The maximum absolute atomic E-state index is 11.0. The van der Waals surface area contributed by atoms with E-state index in [-0.39, 0.29) is 10.6 Å². The summed E-state index contributed by atoms with van der Waals surface area (Å²) < 4.78 is 0. The minimum Gasteiger partial charge on any atom is -0.316 e. The van der Waals surface area contributed by atoms with Crippen molar-refractivity contribution in [2.45, 2.75) is 26.2 Å². The maximum atomic E-state index is 11.0. The lowest BCUT2D eigenvalue weighted by Gasteiger charge is -2.07. The fraction of sp³-hybridized carbons (Fsp3) is 0.571. The summed E-state index contributed by atoms with van der Waals surface area (Å²) in [6.45, 7) is 6.34. The Morgan fingerprint density at radius 2 is 2.17 bits per heavy atom. The normalized spacial score (nSPS) is 22.2. The van der Waals surface area contributed by atoms with Gasteiger partial charge in [-0.2, -0.15) is 0 Å². The summed E-state index contributed by atoms with van der Waals surface area (Å²) in [5, 5.41) is 14.4. The quantitative estimate of drug-likeness (QED) is 0.622. The molecule has 1 aliphatic rings. The molecule has 0 spiro atoms. The van der Waals surface area contributed by atoms with E-state index in [4.69, 9.17) is 0 Å². The first-order valence-electron chi connectivity index (χ1n) is 6.53. The summed E-state index contributed by atoms with van der Waals surface area (Å²) >= 11 is 0. The number of benzene rings is 1. The fourth-order valence-electron chi connectivity index (χ4n) is 2.38. The van der Waals surface area contributed by atoms with Crippen molar-refractivity contribution in [1.82, 2.24) is 5.32 Å². The average Bonchev–Trinajstić information content (AvgIpc) is 3.08. The van der Waals surface area contributed by atoms with Crippen LogP contribution in [0.5, 0.6) is 0 Å². The molecule has 2 rings (SSSR count). The minimum absolute atomic E-state index is 0.272. The number of nitrogens with one attached hydrogen (secondary N) is 1. The van der Waals surface area contributed by atoms with Crippen molar-refractivity contribution >= 4 is 5.69 Å². The van der Waals surface area contributed by atoms with Crippen molar-refractivity contribution in [2.75, 3.05) is 13.1 Å². The zero-order valence-corrected chi connectivity index (χ0v) is 10.9. The van der Waals surface area contributed by atoms with Crippen molar-refractivity contribution in [1.29, 1.82) is 0 Å². The highest BCUT2D eigenvalue weighted by Crippen LogP contribution is 2.49. The zero-order chi connectivity index (χ0) is 13.1. The van der Waals surface area contributed by atoms with E-state index in [0.717, 1.165) is 25.1 Å². The Hall–Kier alpha value is -1.42. The number of hydrogen-bond acceptors (Lipinski definition) is 3. The fourth-order valence-corrected chi connectivity index (χ4v) is 2.38.